The van der Waals surface area contributed by atoms with Crippen molar-refractivity contribution in [3.63, 3.8) is 0 Å². The molecule has 0 aromatic carbocycles. The van der Waals surface area contributed by atoms with Crippen molar-refractivity contribution < 1.29 is 9.90 Å². The molecular weight excluding hydrogens is 250 g/mol. The van der Waals surface area contributed by atoms with Crippen LogP contribution in [0.2, 0.25) is 0 Å². The number of nitrogens with zero attached hydrogens (tertiary/aromatic N) is 3. The van der Waals surface area contributed by atoms with E-state index < -0.39 is 5.97 Å². The fourth-order valence-corrected chi connectivity index (χ4v) is 1.75. The second-order valence-electron chi connectivity index (χ2n) is 2.81. The molecule has 0 saturated carbocycles. The van der Waals surface area contributed by atoms with Crippen LogP contribution in [0.3, 0.4) is 0 Å². The molecule has 2 rings (SSSR count). The summed E-state index contributed by atoms with van der Waals surface area (Å²) < 4.78 is 2.19. The van der Waals surface area contributed by atoms with E-state index in [0.29, 0.717) is 15.6 Å². The van der Waals surface area contributed by atoms with Crippen molar-refractivity contribution in [2.75, 3.05) is 0 Å². The number of hydrogen-bond acceptors (Lipinski definition) is 3. The van der Waals surface area contributed by atoms with E-state index in [0.717, 1.165) is 0 Å². The van der Waals surface area contributed by atoms with E-state index in [1.165, 1.54) is 6.20 Å². The van der Waals surface area contributed by atoms with Crippen LogP contribution < -0.4 is 0 Å². The van der Waals surface area contributed by atoms with Gasteiger partial charge in [0.2, 0.25) is 0 Å². The van der Waals surface area contributed by atoms with Crippen molar-refractivity contribution in [2.45, 2.75) is 0 Å². The van der Waals surface area contributed by atoms with Crippen LogP contribution in [0.1, 0.15) is 10.4 Å². The summed E-state index contributed by atoms with van der Waals surface area (Å²) in [6, 6.07) is 1.54. The van der Waals surface area contributed by atoms with E-state index in [9.17, 15) is 4.79 Å². The maximum Gasteiger partial charge on any atom is 0.337 e. The zero-order chi connectivity index (χ0) is 10.3. The highest BCUT2D eigenvalue weighted by Gasteiger charge is 2.10. The summed E-state index contributed by atoms with van der Waals surface area (Å²) in [6.07, 6.45) is 1.32. The van der Waals surface area contributed by atoms with Gasteiger partial charge in [-0.05, 0) is 22.0 Å². The van der Waals surface area contributed by atoms with Crippen LogP contribution >= 0.6 is 15.9 Å². The number of fused-ring (bicyclic) bond motifs is 1. The Balaban J connectivity index is 2.77. The minimum atomic E-state index is -0.991. The fraction of sp³-hybridized carbons (Fsp3) is 0.125. The minimum Gasteiger partial charge on any atom is -0.478 e. The van der Waals surface area contributed by atoms with Crippen LogP contribution in [0, 0.1) is 0 Å². The lowest BCUT2D eigenvalue weighted by Crippen LogP contribution is -1.98. The number of aromatic carboxylic acids is 1. The van der Waals surface area contributed by atoms with E-state index in [1.54, 1.807) is 17.8 Å². The molecule has 2 aromatic heterocycles. The number of halogens is 1. The van der Waals surface area contributed by atoms with Crippen molar-refractivity contribution in [2.24, 2.45) is 7.05 Å². The minimum absolute atomic E-state index is 0.159. The van der Waals surface area contributed by atoms with Crippen molar-refractivity contribution in [1.29, 1.82) is 0 Å². The molecule has 0 amide bonds. The number of carbonyl (C=O) groups is 1. The number of pyridine rings is 1. The smallest absolute Gasteiger partial charge is 0.337 e. The zero-order valence-corrected chi connectivity index (χ0v) is 8.82. The normalized spacial score (nSPS) is 10.7. The molecule has 0 radical (unpaired) electrons. The number of aryl methyl sites for hydroxylation is 1. The topological polar surface area (TPSA) is 68.0 Å². The van der Waals surface area contributed by atoms with E-state index in [4.69, 9.17) is 5.11 Å². The van der Waals surface area contributed by atoms with Gasteiger partial charge in [-0.1, -0.05) is 0 Å². The predicted octanol–water partition coefficient (Wildman–Crippen LogP) is 1.43. The van der Waals surface area contributed by atoms with Gasteiger partial charge < -0.3 is 5.11 Å². The van der Waals surface area contributed by atoms with Crippen LogP contribution in [0.5, 0.6) is 0 Å². The highest BCUT2D eigenvalue weighted by molar-refractivity contribution is 9.10. The monoisotopic (exact) mass is 255 g/mol. The lowest BCUT2D eigenvalue weighted by molar-refractivity contribution is 0.0696. The van der Waals surface area contributed by atoms with Crippen molar-refractivity contribution >= 4 is 32.9 Å². The SMILES string of the molecule is Cn1nc(Br)c2cc(C(=O)O)cnc21. The van der Waals surface area contributed by atoms with Gasteiger partial charge in [0.1, 0.15) is 4.60 Å². The zero-order valence-electron chi connectivity index (χ0n) is 7.23. The van der Waals surface area contributed by atoms with E-state index >= 15 is 0 Å². The van der Waals surface area contributed by atoms with Gasteiger partial charge in [0.05, 0.1) is 10.9 Å². The van der Waals surface area contributed by atoms with Crippen molar-refractivity contribution in [1.82, 2.24) is 14.8 Å². The van der Waals surface area contributed by atoms with Gasteiger partial charge in [-0.2, -0.15) is 5.10 Å². The number of aromatic nitrogens is 3. The van der Waals surface area contributed by atoms with Gasteiger partial charge in [-0.3, -0.25) is 0 Å². The molecular formula is C8H6BrN3O2. The molecule has 72 valence electrons. The second-order valence-corrected chi connectivity index (χ2v) is 3.57. The highest BCUT2D eigenvalue weighted by atomic mass is 79.9. The van der Waals surface area contributed by atoms with Crippen LogP contribution in [0.15, 0.2) is 16.9 Å². The molecule has 0 spiro atoms. The Morgan fingerprint density at radius 1 is 1.64 bits per heavy atom. The second kappa shape index (κ2) is 3.06. The van der Waals surface area contributed by atoms with Crippen LogP contribution in [0.25, 0.3) is 11.0 Å². The Morgan fingerprint density at radius 2 is 2.36 bits per heavy atom. The first-order valence-electron chi connectivity index (χ1n) is 3.81. The Kier molecular flexibility index (Phi) is 1.99. The quantitative estimate of drug-likeness (QED) is 0.837. The Morgan fingerprint density at radius 3 is 3.00 bits per heavy atom. The maximum atomic E-state index is 10.7. The average Bonchev–Trinajstić information content (AvgIpc) is 2.42. The molecule has 1 N–H and O–H groups in total. The fourth-order valence-electron chi connectivity index (χ4n) is 1.22. The highest BCUT2D eigenvalue weighted by Crippen LogP contribution is 2.21. The van der Waals surface area contributed by atoms with Crippen molar-refractivity contribution in [3.8, 4) is 0 Å². The molecule has 14 heavy (non-hydrogen) atoms. The summed E-state index contributed by atoms with van der Waals surface area (Å²) in [4.78, 5) is 14.7. The summed E-state index contributed by atoms with van der Waals surface area (Å²) in [7, 11) is 1.75. The number of hydrogen-bond donors (Lipinski definition) is 1. The molecule has 0 atom stereocenters. The molecule has 0 saturated heterocycles. The average molecular weight is 256 g/mol. The van der Waals surface area contributed by atoms with E-state index in [2.05, 4.69) is 26.0 Å². The largest absolute Gasteiger partial charge is 0.478 e. The molecule has 0 bridgehead atoms. The van der Waals surface area contributed by atoms with Gasteiger partial charge in [0.15, 0.2) is 5.65 Å². The Bertz CT molecular complexity index is 521. The maximum absolute atomic E-state index is 10.7. The summed E-state index contributed by atoms with van der Waals surface area (Å²) in [5.41, 5.74) is 0.813. The number of carboxylic acids is 1. The molecule has 0 fully saturated rings. The van der Waals surface area contributed by atoms with Gasteiger partial charge in [-0.25, -0.2) is 14.5 Å². The number of carboxylic acid groups (broad SMARTS) is 1. The lowest BCUT2D eigenvalue weighted by Gasteiger charge is -1.94. The Labute approximate surface area is 87.5 Å². The summed E-state index contributed by atoms with van der Waals surface area (Å²) >= 11 is 3.24. The molecule has 6 heteroatoms. The van der Waals surface area contributed by atoms with E-state index in [1.807, 2.05) is 0 Å². The van der Waals surface area contributed by atoms with Crippen LogP contribution in [-0.4, -0.2) is 25.8 Å². The van der Waals surface area contributed by atoms with Gasteiger partial charge in [0.25, 0.3) is 0 Å². The molecule has 5 nitrogen and oxygen atoms in total. The molecule has 0 aliphatic heterocycles. The summed E-state index contributed by atoms with van der Waals surface area (Å²) in [5, 5.41) is 13.5. The van der Waals surface area contributed by atoms with Gasteiger partial charge in [-0.15, -0.1) is 0 Å². The van der Waals surface area contributed by atoms with Gasteiger partial charge in [0, 0.05) is 13.2 Å². The third-order valence-electron chi connectivity index (χ3n) is 1.88. The lowest BCUT2D eigenvalue weighted by atomic mass is 10.2. The third-order valence-corrected chi connectivity index (χ3v) is 2.47. The molecule has 0 unspecified atom stereocenters. The number of rotatable bonds is 1. The third kappa shape index (κ3) is 1.27. The van der Waals surface area contributed by atoms with Gasteiger partial charge >= 0.3 is 5.97 Å². The van der Waals surface area contributed by atoms with Crippen LogP contribution in [-0.2, 0) is 7.05 Å². The molecule has 0 aliphatic carbocycles. The Hall–Kier alpha value is -1.43. The standard InChI is InChI=1S/C8H6BrN3O2/c1-12-7-5(6(9)11-12)2-4(3-10-7)8(13)14/h2-3H,1H3,(H,13,14). The first-order chi connectivity index (χ1) is 6.59. The van der Waals surface area contributed by atoms with Crippen molar-refractivity contribution in [3.05, 3.63) is 22.4 Å². The predicted molar refractivity (Wildman–Crippen MR) is 53.2 cm³/mol. The van der Waals surface area contributed by atoms with E-state index in [-0.39, 0.29) is 5.56 Å². The summed E-state index contributed by atoms with van der Waals surface area (Å²) in [6.45, 7) is 0. The first kappa shape index (κ1) is 9.14. The molecule has 2 heterocycles. The molecule has 2 aromatic rings. The molecule has 0 aliphatic rings. The summed E-state index contributed by atoms with van der Waals surface area (Å²) in [5.74, 6) is -0.991. The first-order valence-corrected chi connectivity index (χ1v) is 4.60. The van der Waals surface area contributed by atoms with Crippen LogP contribution in [0.4, 0.5) is 0 Å².